The standard InChI is InChI=1S/C16H17N/c1-2-6-13(7-3-1)14-8-4-9-15(12-14)16-10-5-11-17-16/h1-4,6-9,12,16-17H,5,10-11H2/t16-/m0/s1. The van der Waals surface area contributed by atoms with Gasteiger partial charge in [0, 0.05) is 6.04 Å². The van der Waals surface area contributed by atoms with Gasteiger partial charge in [0.1, 0.15) is 0 Å². The van der Waals surface area contributed by atoms with Crippen molar-refractivity contribution >= 4 is 0 Å². The highest BCUT2D eigenvalue weighted by Crippen LogP contribution is 2.27. The number of rotatable bonds is 2. The van der Waals surface area contributed by atoms with Gasteiger partial charge in [0.2, 0.25) is 0 Å². The van der Waals surface area contributed by atoms with Crippen molar-refractivity contribution in [3.8, 4) is 11.1 Å². The second kappa shape index (κ2) is 4.72. The molecule has 86 valence electrons. The highest BCUT2D eigenvalue weighted by atomic mass is 14.9. The lowest BCUT2D eigenvalue weighted by molar-refractivity contribution is 0.648. The Kier molecular flexibility index (Phi) is 2.93. The van der Waals surface area contributed by atoms with E-state index < -0.39 is 0 Å². The van der Waals surface area contributed by atoms with Crippen molar-refractivity contribution in [1.29, 1.82) is 0 Å². The fourth-order valence-electron chi connectivity index (χ4n) is 2.53. The maximum atomic E-state index is 3.55. The Balaban J connectivity index is 1.94. The topological polar surface area (TPSA) is 12.0 Å². The summed E-state index contributed by atoms with van der Waals surface area (Å²) in [7, 11) is 0. The Bertz CT molecular complexity index is 484. The molecule has 2 aromatic carbocycles. The molecule has 1 aliphatic heterocycles. The molecule has 1 atom stereocenters. The quantitative estimate of drug-likeness (QED) is 0.817. The Morgan fingerprint density at radius 2 is 1.71 bits per heavy atom. The van der Waals surface area contributed by atoms with Crippen molar-refractivity contribution in [1.82, 2.24) is 5.32 Å². The molecule has 17 heavy (non-hydrogen) atoms. The zero-order valence-corrected chi connectivity index (χ0v) is 9.89. The normalized spacial score (nSPS) is 19.4. The van der Waals surface area contributed by atoms with Crippen LogP contribution in [0.4, 0.5) is 0 Å². The summed E-state index contributed by atoms with van der Waals surface area (Å²) in [5, 5.41) is 3.55. The van der Waals surface area contributed by atoms with Crippen LogP contribution in [0, 0.1) is 0 Å². The van der Waals surface area contributed by atoms with Crippen LogP contribution in [0.15, 0.2) is 54.6 Å². The molecule has 0 aliphatic carbocycles. The van der Waals surface area contributed by atoms with Crippen molar-refractivity contribution in [2.75, 3.05) is 6.54 Å². The molecule has 1 nitrogen and oxygen atoms in total. The number of hydrogen-bond acceptors (Lipinski definition) is 1. The van der Waals surface area contributed by atoms with Crippen molar-refractivity contribution in [3.05, 3.63) is 60.2 Å². The van der Waals surface area contributed by atoms with E-state index in [1.807, 2.05) is 0 Å². The van der Waals surface area contributed by atoms with Gasteiger partial charge in [-0.25, -0.2) is 0 Å². The molecule has 1 heterocycles. The summed E-state index contributed by atoms with van der Waals surface area (Å²) in [4.78, 5) is 0. The van der Waals surface area contributed by atoms with Gasteiger partial charge in [-0.3, -0.25) is 0 Å². The Morgan fingerprint density at radius 1 is 0.882 bits per heavy atom. The Labute approximate surface area is 102 Å². The second-order valence-corrected chi connectivity index (χ2v) is 4.64. The first-order valence-corrected chi connectivity index (χ1v) is 6.32. The van der Waals surface area contributed by atoms with Gasteiger partial charge >= 0.3 is 0 Å². The molecule has 0 radical (unpaired) electrons. The van der Waals surface area contributed by atoms with Gasteiger partial charge < -0.3 is 5.32 Å². The minimum absolute atomic E-state index is 0.554. The third kappa shape index (κ3) is 2.25. The zero-order valence-electron chi connectivity index (χ0n) is 9.89. The van der Waals surface area contributed by atoms with E-state index in [4.69, 9.17) is 0 Å². The van der Waals surface area contributed by atoms with E-state index in [-0.39, 0.29) is 0 Å². The van der Waals surface area contributed by atoms with Crippen LogP contribution in [0.2, 0.25) is 0 Å². The summed E-state index contributed by atoms with van der Waals surface area (Å²) in [6.45, 7) is 1.15. The Hall–Kier alpha value is -1.60. The predicted molar refractivity (Wildman–Crippen MR) is 71.9 cm³/mol. The maximum absolute atomic E-state index is 3.55. The van der Waals surface area contributed by atoms with Crippen LogP contribution in [0.1, 0.15) is 24.4 Å². The van der Waals surface area contributed by atoms with Crippen LogP contribution < -0.4 is 5.32 Å². The summed E-state index contributed by atoms with van der Waals surface area (Å²) in [5.41, 5.74) is 4.04. The molecule has 2 aromatic rings. The molecule has 0 unspecified atom stereocenters. The van der Waals surface area contributed by atoms with E-state index in [2.05, 4.69) is 59.9 Å². The molecule has 3 rings (SSSR count). The largest absolute Gasteiger partial charge is 0.310 e. The summed E-state index contributed by atoms with van der Waals surface area (Å²) in [6.07, 6.45) is 2.55. The third-order valence-electron chi connectivity index (χ3n) is 3.46. The van der Waals surface area contributed by atoms with Crippen LogP contribution in [0.5, 0.6) is 0 Å². The summed E-state index contributed by atoms with van der Waals surface area (Å²) in [6, 6.07) is 20.0. The molecule has 1 heteroatoms. The second-order valence-electron chi connectivity index (χ2n) is 4.64. The van der Waals surface area contributed by atoms with Crippen LogP contribution in [0.3, 0.4) is 0 Å². The van der Waals surface area contributed by atoms with Crippen LogP contribution in [-0.2, 0) is 0 Å². The van der Waals surface area contributed by atoms with Gasteiger partial charge in [-0.2, -0.15) is 0 Å². The van der Waals surface area contributed by atoms with Gasteiger partial charge in [-0.05, 0) is 42.1 Å². The fraction of sp³-hybridized carbons (Fsp3) is 0.250. The minimum atomic E-state index is 0.554. The summed E-state index contributed by atoms with van der Waals surface area (Å²) < 4.78 is 0. The zero-order chi connectivity index (χ0) is 11.5. The molecular weight excluding hydrogens is 206 g/mol. The van der Waals surface area contributed by atoms with Gasteiger partial charge in [0.05, 0.1) is 0 Å². The van der Waals surface area contributed by atoms with Gasteiger partial charge in [-0.1, -0.05) is 48.5 Å². The van der Waals surface area contributed by atoms with E-state index in [0.29, 0.717) is 6.04 Å². The monoisotopic (exact) mass is 223 g/mol. The first-order valence-electron chi connectivity index (χ1n) is 6.32. The van der Waals surface area contributed by atoms with Crippen molar-refractivity contribution < 1.29 is 0 Å². The van der Waals surface area contributed by atoms with Gasteiger partial charge in [-0.15, -0.1) is 0 Å². The molecule has 1 aliphatic rings. The molecule has 1 fully saturated rings. The lowest BCUT2D eigenvalue weighted by atomic mass is 9.99. The van der Waals surface area contributed by atoms with E-state index in [1.54, 1.807) is 0 Å². The fourth-order valence-corrected chi connectivity index (χ4v) is 2.53. The molecular formula is C16H17N. The third-order valence-corrected chi connectivity index (χ3v) is 3.46. The van der Waals surface area contributed by atoms with E-state index in [0.717, 1.165) is 6.54 Å². The van der Waals surface area contributed by atoms with Crippen LogP contribution in [-0.4, -0.2) is 6.54 Å². The minimum Gasteiger partial charge on any atom is -0.310 e. The average molecular weight is 223 g/mol. The molecule has 0 amide bonds. The molecule has 0 bridgehead atoms. The molecule has 1 saturated heterocycles. The summed E-state index contributed by atoms with van der Waals surface area (Å²) >= 11 is 0. The van der Waals surface area contributed by atoms with Crippen molar-refractivity contribution in [3.63, 3.8) is 0 Å². The first-order chi connectivity index (χ1) is 8.43. The predicted octanol–water partition coefficient (Wildman–Crippen LogP) is 3.78. The van der Waals surface area contributed by atoms with E-state index in [1.165, 1.54) is 29.5 Å². The number of hydrogen-bond donors (Lipinski definition) is 1. The van der Waals surface area contributed by atoms with Crippen molar-refractivity contribution in [2.24, 2.45) is 0 Å². The SMILES string of the molecule is c1ccc(-c2cccc([C@@H]3CCCN3)c2)cc1. The lowest BCUT2D eigenvalue weighted by Crippen LogP contribution is -2.12. The average Bonchev–Trinajstić information content (AvgIpc) is 2.94. The van der Waals surface area contributed by atoms with Crippen LogP contribution >= 0.6 is 0 Å². The van der Waals surface area contributed by atoms with Crippen molar-refractivity contribution in [2.45, 2.75) is 18.9 Å². The van der Waals surface area contributed by atoms with Gasteiger partial charge in [0.25, 0.3) is 0 Å². The Morgan fingerprint density at radius 3 is 2.47 bits per heavy atom. The highest BCUT2D eigenvalue weighted by Gasteiger charge is 2.16. The molecule has 0 saturated carbocycles. The smallest absolute Gasteiger partial charge is 0.0320 e. The summed E-state index contributed by atoms with van der Waals surface area (Å²) in [5.74, 6) is 0. The highest BCUT2D eigenvalue weighted by molar-refractivity contribution is 5.64. The molecule has 1 N–H and O–H groups in total. The lowest BCUT2D eigenvalue weighted by Gasteiger charge is -2.12. The number of nitrogens with one attached hydrogen (secondary N) is 1. The van der Waals surface area contributed by atoms with Crippen LogP contribution in [0.25, 0.3) is 11.1 Å². The number of benzene rings is 2. The van der Waals surface area contributed by atoms with Gasteiger partial charge in [0.15, 0.2) is 0 Å². The van der Waals surface area contributed by atoms with E-state index in [9.17, 15) is 0 Å². The maximum Gasteiger partial charge on any atom is 0.0320 e. The van der Waals surface area contributed by atoms with E-state index >= 15 is 0 Å². The first kappa shape index (κ1) is 10.5. The molecule has 0 spiro atoms. The molecule has 0 aromatic heterocycles.